The largest absolute Gasteiger partial charge is 0.368 e. The molecule has 1 aliphatic carbocycles. The lowest BCUT2D eigenvalue weighted by molar-refractivity contribution is 0.326. The number of hydrogen-bond acceptors (Lipinski definition) is 4. The zero-order valence-electron chi connectivity index (χ0n) is 9.75. The van der Waals surface area contributed by atoms with E-state index in [1.54, 1.807) is 6.07 Å². The van der Waals surface area contributed by atoms with Crippen LogP contribution in [0.3, 0.4) is 0 Å². The number of piperidine rings is 1. The normalized spacial score (nSPS) is 25.8. The predicted octanol–water partition coefficient (Wildman–Crippen LogP) is 1.93. The van der Waals surface area contributed by atoms with Crippen molar-refractivity contribution in [3.8, 4) is 0 Å². The van der Waals surface area contributed by atoms with Crippen molar-refractivity contribution >= 4 is 17.4 Å². The van der Waals surface area contributed by atoms with Crippen LogP contribution in [-0.4, -0.2) is 29.8 Å². The number of aromatic nitrogens is 2. The lowest BCUT2D eigenvalue weighted by atomic mass is 9.92. The summed E-state index contributed by atoms with van der Waals surface area (Å²) in [7, 11) is 0. The molecule has 1 saturated carbocycles. The molecule has 17 heavy (non-hydrogen) atoms. The molecule has 1 saturated heterocycles. The molecule has 0 aromatic carbocycles. The van der Waals surface area contributed by atoms with Crippen LogP contribution in [0.4, 0.5) is 5.82 Å². The van der Waals surface area contributed by atoms with Gasteiger partial charge in [0.25, 0.3) is 0 Å². The second kappa shape index (κ2) is 4.42. The van der Waals surface area contributed by atoms with Crippen LogP contribution in [0.2, 0.25) is 5.15 Å². The highest BCUT2D eigenvalue weighted by Crippen LogP contribution is 2.58. The van der Waals surface area contributed by atoms with Gasteiger partial charge >= 0.3 is 0 Å². The molecule has 2 heterocycles. The van der Waals surface area contributed by atoms with Gasteiger partial charge < -0.3 is 10.6 Å². The van der Waals surface area contributed by atoms with Crippen LogP contribution in [0.25, 0.3) is 0 Å². The molecular weight excluding hydrogens is 236 g/mol. The van der Waals surface area contributed by atoms with Gasteiger partial charge in [0.2, 0.25) is 0 Å². The molecule has 1 aliphatic heterocycles. The quantitative estimate of drug-likeness (QED) is 0.863. The summed E-state index contributed by atoms with van der Waals surface area (Å²) in [6.07, 6.45) is 4.01. The molecule has 3 rings (SSSR count). The molecule has 92 valence electrons. The summed E-state index contributed by atoms with van der Waals surface area (Å²) in [6, 6.07) is 3.65. The van der Waals surface area contributed by atoms with E-state index in [1.165, 1.54) is 32.4 Å². The lowest BCUT2D eigenvalue weighted by Gasteiger charge is -2.23. The van der Waals surface area contributed by atoms with E-state index in [2.05, 4.69) is 20.8 Å². The van der Waals surface area contributed by atoms with E-state index in [0.717, 1.165) is 18.3 Å². The Labute approximate surface area is 106 Å². The van der Waals surface area contributed by atoms with E-state index < -0.39 is 0 Å². The van der Waals surface area contributed by atoms with E-state index >= 15 is 0 Å². The molecule has 2 aliphatic rings. The monoisotopic (exact) mass is 252 g/mol. The molecule has 4 nitrogen and oxygen atoms in total. The fraction of sp³-hybridized carbons (Fsp3) is 0.667. The summed E-state index contributed by atoms with van der Waals surface area (Å²) in [6.45, 7) is 3.37. The summed E-state index contributed by atoms with van der Waals surface area (Å²) in [5.74, 6) is 1.63. The molecule has 2 N–H and O–H groups in total. The van der Waals surface area contributed by atoms with Crippen LogP contribution in [0.5, 0.6) is 0 Å². The number of anilines is 1. The maximum absolute atomic E-state index is 5.69. The molecule has 1 atom stereocenters. The molecular formula is C12H17ClN4. The van der Waals surface area contributed by atoms with E-state index in [1.807, 2.05) is 6.07 Å². The van der Waals surface area contributed by atoms with Gasteiger partial charge in [-0.1, -0.05) is 11.6 Å². The number of halogens is 1. The Bertz CT molecular complexity index is 386. The second-order valence-electron chi connectivity index (χ2n) is 5.14. The Morgan fingerprint density at radius 1 is 1.35 bits per heavy atom. The SMILES string of the molecule is Clc1ccc(NCC2CC23CCNCC3)nn1. The zero-order valence-corrected chi connectivity index (χ0v) is 10.5. The third-order valence-electron chi connectivity index (χ3n) is 4.12. The van der Waals surface area contributed by atoms with Gasteiger partial charge in [0.1, 0.15) is 5.82 Å². The predicted molar refractivity (Wildman–Crippen MR) is 68.2 cm³/mol. The molecule has 1 aromatic rings. The summed E-state index contributed by atoms with van der Waals surface area (Å²) < 4.78 is 0. The minimum atomic E-state index is 0.441. The third kappa shape index (κ3) is 2.38. The Morgan fingerprint density at radius 3 is 2.88 bits per heavy atom. The first kappa shape index (κ1) is 11.2. The van der Waals surface area contributed by atoms with Crippen molar-refractivity contribution in [2.45, 2.75) is 19.3 Å². The second-order valence-corrected chi connectivity index (χ2v) is 5.52. The number of nitrogens with one attached hydrogen (secondary N) is 2. The fourth-order valence-electron chi connectivity index (χ4n) is 2.90. The summed E-state index contributed by atoms with van der Waals surface area (Å²) in [5, 5.41) is 15.0. The standard InChI is InChI=1S/C12H17ClN4/c13-10-1-2-11(17-16-10)15-8-9-7-12(9)3-5-14-6-4-12/h1-2,9,14H,3-8H2,(H,15,17). The number of nitrogens with zero attached hydrogens (tertiary/aromatic N) is 2. The van der Waals surface area contributed by atoms with Crippen molar-refractivity contribution in [2.24, 2.45) is 11.3 Å². The smallest absolute Gasteiger partial charge is 0.151 e. The Hall–Kier alpha value is -0.870. The topological polar surface area (TPSA) is 49.8 Å². The summed E-state index contributed by atoms with van der Waals surface area (Å²) in [5.41, 5.74) is 0.623. The highest BCUT2D eigenvalue weighted by Gasteiger charge is 2.53. The van der Waals surface area contributed by atoms with Gasteiger partial charge in [0, 0.05) is 6.54 Å². The van der Waals surface area contributed by atoms with Crippen LogP contribution >= 0.6 is 11.6 Å². The van der Waals surface area contributed by atoms with Crippen LogP contribution in [0.15, 0.2) is 12.1 Å². The van der Waals surface area contributed by atoms with Gasteiger partial charge in [-0.15, -0.1) is 10.2 Å². The molecule has 0 amide bonds. The van der Waals surface area contributed by atoms with Gasteiger partial charge in [-0.2, -0.15) is 0 Å². The van der Waals surface area contributed by atoms with E-state index in [0.29, 0.717) is 10.6 Å². The van der Waals surface area contributed by atoms with Crippen molar-refractivity contribution in [2.75, 3.05) is 25.0 Å². The third-order valence-corrected chi connectivity index (χ3v) is 4.32. The molecule has 0 radical (unpaired) electrons. The van der Waals surface area contributed by atoms with Crippen molar-refractivity contribution < 1.29 is 0 Å². The van der Waals surface area contributed by atoms with E-state index in [-0.39, 0.29) is 0 Å². The van der Waals surface area contributed by atoms with E-state index in [9.17, 15) is 0 Å². The molecule has 0 bridgehead atoms. The highest BCUT2D eigenvalue weighted by atomic mass is 35.5. The van der Waals surface area contributed by atoms with Crippen LogP contribution in [0, 0.1) is 11.3 Å². The summed E-state index contributed by atoms with van der Waals surface area (Å²) >= 11 is 5.69. The summed E-state index contributed by atoms with van der Waals surface area (Å²) in [4.78, 5) is 0. The minimum Gasteiger partial charge on any atom is -0.368 e. The van der Waals surface area contributed by atoms with Gasteiger partial charge in [-0.3, -0.25) is 0 Å². The van der Waals surface area contributed by atoms with Crippen molar-refractivity contribution in [1.29, 1.82) is 0 Å². The molecule has 1 unspecified atom stereocenters. The lowest BCUT2D eigenvalue weighted by Crippen LogP contribution is -2.30. The first-order chi connectivity index (χ1) is 8.28. The van der Waals surface area contributed by atoms with Gasteiger partial charge in [-0.05, 0) is 55.8 Å². The Morgan fingerprint density at radius 2 is 2.18 bits per heavy atom. The maximum Gasteiger partial charge on any atom is 0.151 e. The van der Waals surface area contributed by atoms with Crippen molar-refractivity contribution in [3.63, 3.8) is 0 Å². The van der Waals surface area contributed by atoms with Crippen molar-refractivity contribution in [1.82, 2.24) is 15.5 Å². The van der Waals surface area contributed by atoms with Crippen LogP contribution < -0.4 is 10.6 Å². The van der Waals surface area contributed by atoms with Gasteiger partial charge in [0.05, 0.1) is 0 Å². The Balaban J connectivity index is 1.51. The number of rotatable bonds is 3. The average Bonchev–Trinajstić information content (AvgIpc) is 3.02. The Kier molecular flexibility index (Phi) is 2.92. The first-order valence-electron chi connectivity index (χ1n) is 6.22. The average molecular weight is 253 g/mol. The highest BCUT2D eigenvalue weighted by molar-refractivity contribution is 6.29. The molecule has 1 spiro atoms. The van der Waals surface area contributed by atoms with Gasteiger partial charge in [-0.25, -0.2) is 0 Å². The zero-order chi connectivity index (χ0) is 11.7. The molecule has 1 aromatic heterocycles. The van der Waals surface area contributed by atoms with Crippen LogP contribution in [0.1, 0.15) is 19.3 Å². The maximum atomic E-state index is 5.69. The minimum absolute atomic E-state index is 0.441. The fourth-order valence-corrected chi connectivity index (χ4v) is 3.00. The van der Waals surface area contributed by atoms with Crippen molar-refractivity contribution in [3.05, 3.63) is 17.3 Å². The van der Waals surface area contributed by atoms with Crippen LogP contribution in [-0.2, 0) is 0 Å². The molecule has 2 fully saturated rings. The first-order valence-corrected chi connectivity index (χ1v) is 6.60. The number of hydrogen-bond donors (Lipinski definition) is 2. The van der Waals surface area contributed by atoms with E-state index in [4.69, 9.17) is 11.6 Å². The van der Waals surface area contributed by atoms with Gasteiger partial charge in [0.15, 0.2) is 5.15 Å². The molecule has 5 heteroatoms.